The Morgan fingerprint density at radius 1 is 1.12 bits per heavy atom. The van der Waals surface area contributed by atoms with Crippen LogP contribution in [-0.2, 0) is 9.59 Å². The molecular weight excluding hydrogens is 328 g/mol. The second-order valence-electron chi connectivity index (χ2n) is 7.98. The summed E-state index contributed by atoms with van der Waals surface area (Å²) in [7, 11) is 0. The van der Waals surface area contributed by atoms with E-state index in [4.69, 9.17) is 0 Å². The minimum absolute atomic E-state index is 0.279. The Labute approximate surface area is 156 Å². The first-order valence-electron chi connectivity index (χ1n) is 9.80. The fourth-order valence-electron chi connectivity index (χ4n) is 4.18. The number of carboxylic acid groups (broad SMARTS) is 1. The molecule has 2 aliphatic rings. The van der Waals surface area contributed by atoms with E-state index in [1.54, 1.807) is 0 Å². The number of piperidine rings is 1. The van der Waals surface area contributed by atoms with Crippen molar-refractivity contribution in [1.82, 2.24) is 9.80 Å². The molecule has 3 rings (SSSR count). The molecule has 0 spiro atoms. The normalized spacial score (nSPS) is 20.7. The average molecular weight is 358 g/mol. The number of carbonyl (C=O) groups excluding carboxylic acids is 1. The maximum atomic E-state index is 11.9. The van der Waals surface area contributed by atoms with Gasteiger partial charge in [-0.3, -0.25) is 14.5 Å². The van der Waals surface area contributed by atoms with Crippen molar-refractivity contribution in [1.29, 1.82) is 0 Å². The van der Waals surface area contributed by atoms with Crippen LogP contribution in [0.3, 0.4) is 0 Å². The molecular formula is C21H30N2O3. The number of carboxylic acids is 1. The van der Waals surface area contributed by atoms with E-state index in [0.29, 0.717) is 18.3 Å². The molecule has 1 aromatic carbocycles. The van der Waals surface area contributed by atoms with Crippen LogP contribution in [0.25, 0.3) is 0 Å². The number of rotatable bonds is 6. The van der Waals surface area contributed by atoms with Gasteiger partial charge in [-0.25, -0.2) is 0 Å². The predicted octanol–water partition coefficient (Wildman–Crippen LogP) is 3.27. The first kappa shape index (κ1) is 18.9. The van der Waals surface area contributed by atoms with Crippen molar-refractivity contribution in [3.05, 3.63) is 35.4 Å². The van der Waals surface area contributed by atoms with Crippen molar-refractivity contribution in [2.24, 2.45) is 5.92 Å². The van der Waals surface area contributed by atoms with Crippen molar-refractivity contribution in [2.75, 3.05) is 26.2 Å². The third kappa shape index (κ3) is 4.26. The molecule has 1 amide bonds. The molecule has 0 saturated carbocycles. The molecule has 2 fully saturated rings. The highest BCUT2D eigenvalue weighted by atomic mass is 16.4. The maximum absolute atomic E-state index is 11.9. The van der Waals surface area contributed by atoms with Crippen LogP contribution in [-0.4, -0.2) is 53.0 Å². The van der Waals surface area contributed by atoms with Gasteiger partial charge in [-0.15, -0.1) is 0 Å². The van der Waals surface area contributed by atoms with E-state index in [0.717, 1.165) is 51.0 Å². The molecule has 2 saturated heterocycles. The van der Waals surface area contributed by atoms with Gasteiger partial charge in [0.05, 0.1) is 0 Å². The van der Waals surface area contributed by atoms with Gasteiger partial charge in [-0.1, -0.05) is 38.1 Å². The lowest BCUT2D eigenvalue weighted by atomic mass is 9.93. The number of hydrogen-bond donors (Lipinski definition) is 1. The summed E-state index contributed by atoms with van der Waals surface area (Å²) >= 11 is 0. The summed E-state index contributed by atoms with van der Waals surface area (Å²) in [5.74, 6) is 0.430. The molecule has 0 unspecified atom stereocenters. The molecule has 142 valence electrons. The zero-order valence-corrected chi connectivity index (χ0v) is 15.9. The summed E-state index contributed by atoms with van der Waals surface area (Å²) < 4.78 is 0. The number of carbonyl (C=O) groups is 2. The van der Waals surface area contributed by atoms with Gasteiger partial charge in [-0.05, 0) is 55.3 Å². The van der Waals surface area contributed by atoms with Gasteiger partial charge in [0.2, 0.25) is 5.91 Å². The van der Waals surface area contributed by atoms with Crippen molar-refractivity contribution in [3.8, 4) is 0 Å². The monoisotopic (exact) mass is 358 g/mol. The molecule has 1 N–H and O–H groups in total. The summed E-state index contributed by atoms with van der Waals surface area (Å²) in [4.78, 5) is 27.8. The highest BCUT2D eigenvalue weighted by Gasteiger charge is 2.32. The minimum Gasteiger partial charge on any atom is -0.480 e. The second kappa shape index (κ2) is 8.21. The van der Waals surface area contributed by atoms with E-state index in [-0.39, 0.29) is 5.91 Å². The lowest BCUT2D eigenvalue weighted by Gasteiger charge is -2.37. The molecule has 0 aliphatic carbocycles. The van der Waals surface area contributed by atoms with Gasteiger partial charge in [0.25, 0.3) is 0 Å². The van der Waals surface area contributed by atoms with Crippen LogP contribution in [0.2, 0.25) is 0 Å². The second-order valence-corrected chi connectivity index (χ2v) is 7.98. The minimum atomic E-state index is -0.782. The zero-order valence-electron chi connectivity index (χ0n) is 15.9. The van der Waals surface area contributed by atoms with E-state index >= 15 is 0 Å². The van der Waals surface area contributed by atoms with Crippen LogP contribution in [0.5, 0.6) is 0 Å². The average Bonchev–Trinajstić information content (AvgIpc) is 3.01. The van der Waals surface area contributed by atoms with Gasteiger partial charge in [0, 0.05) is 19.5 Å². The van der Waals surface area contributed by atoms with Gasteiger partial charge in [0.1, 0.15) is 6.04 Å². The Bertz CT molecular complexity index is 633. The maximum Gasteiger partial charge on any atom is 0.325 e. The van der Waals surface area contributed by atoms with Crippen LogP contribution in [0.15, 0.2) is 24.3 Å². The van der Waals surface area contributed by atoms with Gasteiger partial charge in [0.15, 0.2) is 0 Å². The predicted molar refractivity (Wildman–Crippen MR) is 101 cm³/mol. The molecule has 0 radical (unpaired) electrons. The van der Waals surface area contributed by atoms with Gasteiger partial charge >= 0.3 is 5.97 Å². The van der Waals surface area contributed by atoms with E-state index in [2.05, 4.69) is 18.7 Å². The van der Waals surface area contributed by atoms with E-state index in [1.165, 1.54) is 5.56 Å². The van der Waals surface area contributed by atoms with Crippen LogP contribution < -0.4 is 0 Å². The summed E-state index contributed by atoms with van der Waals surface area (Å²) in [5.41, 5.74) is 2.09. The third-order valence-corrected chi connectivity index (χ3v) is 5.82. The molecule has 1 aromatic rings. The SMILES string of the molecule is CC(C)c1ccc([C@H](C(=O)O)N2CCC(CN3CCCC3=O)CC2)cc1. The molecule has 1 atom stereocenters. The van der Waals surface area contributed by atoms with Crippen LogP contribution >= 0.6 is 0 Å². The lowest BCUT2D eigenvalue weighted by molar-refractivity contribution is -0.144. The smallest absolute Gasteiger partial charge is 0.325 e. The standard InChI is InChI=1S/C21H30N2O3/c1-15(2)17-5-7-18(8-6-17)20(21(25)26)22-12-9-16(10-13-22)14-23-11-3-4-19(23)24/h5-8,15-16,20H,3-4,9-14H2,1-2H3,(H,25,26)/t20-/m1/s1. The Balaban J connectivity index is 1.61. The van der Waals surface area contributed by atoms with E-state index < -0.39 is 12.0 Å². The van der Waals surface area contributed by atoms with E-state index in [9.17, 15) is 14.7 Å². The van der Waals surface area contributed by atoms with Crippen LogP contribution in [0.1, 0.15) is 62.6 Å². The molecule has 5 heteroatoms. The number of benzene rings is 1. The topological polar surface area (TPSA) is 60.9 Å². The van der Waals surface area contributed by atoms with Gasteiger partial charge < -0.3 is 10.0 Å². The van der Waals surface area contributed by atoms with Gasteiger partial charge in [-0.2, -0.15) is 0 Å². The van der Waals surface area contributed by atoms with Crippen molar-refractivity contribution in [3.63, 3.8) is 0 Å². The lowest BCUT2D eigenvalue weighted by Crippen LogP contribution is -2.42. The van der Waals surface area contributed by atoms with Crippen LogP contribution in [0.4, 0.5) is 0 Å². The van der Waals surface area contributed by atoms with Crippen molar-refractivity contribution < 1.29 is 14.7 Å². The Kier molecular flexibility index (Phi) is 5.97. The first-order valence-corrected chi connectivity index (χ1v) is 9.80. The van der Waals surface area contributed by atoms with Crippen LogP contribution in [0, 0.1) is 5.92 Å². The molecule has 5 nitrogen and oxygen atoms in total. The molecule has 2 heterocycles. The van der Waals surface area contributed by atoms with E-state index in [1.807, 2.05) is 29.2 Å². The Hall–Kier alpha value is -1.88. The summed E-state index contributed by atoms with van der Waals surface area (Å²) in [6.45, 7) is 7.55. The quantitative estimate of drug-likeness (QED) is 0.848. The molecule has 0 aromatic heterocycles. The molecule has 2 aliphatic heterocycles. The number of amides is 1. The third-order valence-electron chi connectivity index (χ3n) is 5.82. The summed E-state index contributed by atoms with van der Waals surface area (Å²) in [5, 5.41) is 9.79. The zero-order chi connectivity index (χ0) is 18.7. The fraction of sp³-hybridized carbons (Fsp3) is 0.619. The van der Waals surface area contributed by atoms with Crippen molar-refractivity contribution >= 4 is 11.9 Å². The number of likely N-dealkylation sites (tertiary alicyclic amines) is 2. The molecule has 26 heavy (non-hydrogen) atoms. The largest absolute Gasteiger partial charge is 0.480 e. The Morgan fingerprint density at radius 2 is 1.73 bits per heavy atom. The highest BCUT2D eigenvalue weighted by Crippen LogP contribution is 2.29. The summed E-state index contributed by atoms with van der Waals surface area (Å²) in [6, 6.07) is 7.43. The summed E-state index contributed by atoms with van der Waals surface area (Å²) in [6.07, 6.45) is 3.58. The Morgan fingerprint density at radius 3 is 2.23 bits per heavy atom. The fourth-order valence-corrected chi connectivity index (χ4v) is 4.18. The number of nitrogens with zero attached hydrogens (tertiary/aromatic N) is 2. The number of hydrogen-bond acceptors (Lipinski definition) is 3. The first-order chi connectivity index (χ1) is 12.5. The molecule has 0 bridgehead atoms. The van der Waals surface area contributed by atoms with Crippen molar-refractivity contribution in [2.45, 2.75) is 51.5 Å². The highest BCUT2D eigenvalue weighted by molar-refractivity contribution is 5.78. The number of aliphatic carboxylic acids is 1.